The molecule has 1 amide bonds. The molecule has 0 fully saturated rings. The molecule has 1 heterocycles. The molecule has 1 aromatic heterocycles. The molecular formula is C12H10F3N3O. The average molecular weight is 269 g/mol. The van der Waals surface area contributed by atoms with Crippen LogP contribution in [-0.2, 0) is 6.18 Å². The van der Waals surface area contributed by atoms with Crippen molar-refractivity contribution < 1.29 is 18.0 Å². The second kappa shape index (κ2) is 4.68. The predicted molar refractivity (Wildman–Crippen MR) is 64.6 cm³/mol. The van der Waals surface area contributed by atoms with Crippen molar-refractivity contribution in [2.24, 2.45) is 0 Å². The average Bonchev–Trinajstić information content (AvgIpc) is 2.75. The van der Waals surface area contributed by atoms with Gasteiger partial charge in [-0.3, -0.25) is 4.79 Å². The van der Waals surface area contributed by atoms with Gasteiger partial charge in [-0.05, 0) is 30.3 Å². The number of aromatic nitrogens is 1. The van der Waals surface area contributed by atoms with Crippen LogP contribution in [0.1, 0.15) is 16.1 Å². The quantitative estimate of drug-likeness (QED) is 0.784. The third-order valence-corrected chi connectivity index (χ3v) is 2.42. The fraction of sp³-hybridized carbons (Fsp3) is 0.0833. The first-order chi connectivity index (χ1) is 8.86. The van der Waals surface area contributed by atoms with Gasteiger partial charge in [0.1, 0.15) is 5.69 Å². The van der Waals surface area contributed by atoms with Gasteiger partial charge in [-0.2, -0.15) is 13.2 Å². The third-order valence-electron chi connectivity index (χ3n) is 2.42. The highest BCUT2D eigenvalue weighted by molar-refractivity contribution is 6.03. The fourth-order valence-electron chi connectivity index (χ4n) is 1.48. The number of carbonyl (C=O) groups excluding carboxylic acids is 1. The van der Waals surface area contributed by atoms with Gasteiger partial charge in [0.2, 0.25) is 0 Å². The van der Waals surface area contributed by atoms with E-state index in [9.17, 15) is 18.0 Å². The van der Waals surface area contributed by atoms with Gasteiger partial charge >= 0.3 is 6.18 Å². The molecule has 0 radical (unpaired) electrons. The Morgan fingerprint density at radius 2 is 1.84 bits per heavy atom. The summed E-state index contributed by atoms with van der Waals surface area (Å²) in [6.07, 6.45) is -2.95. The summed E-state index contributed by atoms with van der Waals surface area (Å²) in [7, 11) is 0. The number of carbonyl (C=O) groups is 1. The molecular weight excluding hydrogens is 259 g/mol. The lowest BCUT2D eigenvalue weighted by atomic mass is 10.2. The molecule has 0 atom stereocenters. The zero-order valence-corrected chi connectivity index (χ0v) is 9.58. The number of H-pyrrole nitrogens is 1. The number of benzene rings is 1. The monoisotopic (exact) mass is 269 g/mol. The number of rotatable bonds is 2. The van der Waals surface area contributed by atoms with Gasteiger partial charge in [0.25, 0.3) is 5.91 Å². The van der Waals surface area contributed by atoms with E-state index in [0.29, 0.717) is 5.69 Å². The number of aromatic amines is 1. The Hall–Kier alpha value is -2.44. The lowest BCUT2D eigenvalue weighted by Crippen LogP contribution is -2.12. The summed E-state index contributed by atoms with van der Waals surface area (Å²) in [6, 6.07) is 5.61. The predicted octanol–water partition coefficient (Wildman–Crippen LogP) is 2.87. The Balaban J connectivity index is 2.10. The fourth-order valence-corrected chi connectivity index (χ4v) is 1.48. The Morgan fingerprint density at radius 3 is 2.32 bits per heavy atom. The number of anilines is 2. The van der Waals surface area contributed by atoms with E-state index in [1.165, 1.54) is 24.4 Å². The first kappa shape index (κ1) is 13.0. The molecule has 0 unspecified atom stereocenters. The van der Waals surface area contributed by atoms with Gasteiger partial charge < -0.3 is 16.0 Å². The molecule has 19 heavy (non-hydrogen) atoms. The SMILES string of the molecule is Nc1c[nH]c(C(=O)Nc2ccc(C(F)(F)F)cc2)c1. The molecule has 0 aliphatic carbocycles. The van der Waals surface area contributed by atoms with E-state index in [1.807, 2.05) is 0 Å². The van der Waals surface area contributed by atoms with Crippen molar-refractivity contribution in [3.05, 3.63) is 47.8 Å². The summed E-state index contributed by atoms with van der Waals surface area (Å²) in [5, 5.41) is 2.46. The van der Waals surface area contributed by atoms with Crippen molar-refractivity contribution >= 4 is 17.3 Å². The van der Waals surface area contributed by atoms with Crippen molar-refractivity contribution in [3.63, 3.8) is 0 Å². The number of nitrogen functional groups attached to an aromatic ring is 1. The third kappa shape index (κ3) is 3.06. The van der Waals surface area contributed by atoms with Crippen LogP contribution in [0.25, 0.3) is 0 Å². The Morgan fingerprint density at radius 1 is 1.21 bits per heavy atom. The summed E-state index contributed by atoms with van der Waals surface area (Å²) in [6.45, 7) is 0. The molecule has 0 bridgehead atoms. The first-order valence-electron chi connectivity index (χ1n) is 5.29. The normalized spacial score (nSPS) is 11.3. The van der Waals surface area contributed by atoms with Crippen LogP contribution in [0, 0.1) is 0 Å². The summed E-state index contributed by atoms with van der Waals surface area (Å²) in [5.41, 5.74) is 5.58. The Labute approximate surface area is 106 Å². The lowest BCUT2D eigenvalue weighted by molar-refractivity contribution is -0.137. The molecule has 0 saturated carbocycles. The van der Waals surface area contributed by atoms with Gasteiger partial charge in [0.15, 0.2) is 0 Å². The Bertz CT molecular complexity index is 587. The second-order valence-corrected chi connectivity index (χ2v) is 3.88. The van der Waals surface area contributed by atoms with Crippen LogP contribution < -0.4 is 11.1 Å². The maximum Gasteiger partial charge on any atom is 0.416 e. The number of amides is 1. The number of nitrogens with two attached hydrogens (primary N) is 1. The van der Waals surface area contributed by atoms with E-state index in [0.717, 1.165) is 12.1 Å². The van der Waals surface area contributed by atoms with Crippen LogP contribution in [0.2, 0.25) is 0 Å². The molecule has 0 spiro atoms. The van der Waals surface area contributed by atoms with Crippen LogP contribution in [-0.4, -0.2) is 10.9 Å². The van der Waals surface area contributed by atoms with Crippen molar-refractivity contribution in [2.45, 2.75) is 6.18 Å². The van der Waals surface area contributed by atoms with Gasteiger partial charge in [-0.1, -0.05) is 0 Å². The van der Waals surface area contributed by atoms with E-state index in [-0.39, 0.29) is 11.4 Å². The molecule has 7 heteroatoms. The van der Waals surface area contributed by atoms with E-state index in [4.69, 9.17) is 5.73 Å². The van der Waals surface area contributed by atoms with Crippen molar-refractivity contribution in [1.82, 2.24) is 4.98 Å². The van der Waals surface area contributed by atoms with Crippen molar-refractivity contribution in [2.75, 3.05) is 11.1 Å². The van der Waals surface area contributed by atoms with Crippen LogP contribution in [0.15, 0.2) is 36.5 Å². The highest BCUT2D eigenvalue weighted by Gasteiger charge is 2.29. The van der Waals surface area contributed by atoms with Gasteiger partial charge in [-0.15, -0.1) is 0 Å². The van der Waals surface area contributed by atoms with Gasteiger partial charge in [0, 0.05) is 17.6 Å². The largest absolute Gasteiger partial charge is 0.416 e. The van der Waals surface area contributed by atoms with E-state index in [2.05, 4.69) is 10.3 Å². The van der Waals surface area contributed by atoms with Gasteiger partial charge in [-0.25, -0.2) is 0 Å². The molecule has 4 N–H and O–H groups in total. The summed E-state index contributed by atoms with van der Waals surface area (Å²) >= 11 is 0. The number of halogens is 3. The summed E-state index contributed by atoms with van der Waals surface area (Å²) in [4.78, 5) is 14.3. The maximum atomic E-state index is 12.3. The molecule has 0 aliphatic rings. The molecule has 100 valence electrons. The Kier molecular flexibility index (Phi) is 3.20. The van der Waals surface area contributed by atoms with Crippen LogP contribution in [0.4, 0.5) is 24.5 Å². The molecule has 1 aromatic carbocycles. The minimum absolute atomic E-state index is 0.234. The molecule has 0 aliphatic heterocycles. The minimum atomic E-state index is -4.39. The summed E-state index contributed by atoms with van der Waals surface area (Å²) in [5.74, 6) is -0.476. The van der Waals surface area contributed by atoms with Crippen LogP contribution >= 0.6 is 0 Å². The zero-order chi connectivity index (χ0) is 14.0. The van der Waals surface area contributed by atoms with Crippen LogP contribution in [0.3, 0.4) is 0 Å². The highest BCUT2D eigenvalue weighted by Crippen LogP contribution is 2.29. The highest BCUT2D eigenvalue weighted by atomic mass is 19.4. The zero-order valence-electron chi connectivity index (χ0n) is 9.58. The second-order valence-electron chi connectivity index (χ2n) is 3.88. The van der Waals surface area contributed by atoms with E-state index < -0.39 is 17.6 Å². The summed E-state index contributed by atoms with van der Waals surface area (Å²) < 4.78 is 37.0. The number of alkyl halides is 3. The number of hydrogen-bond donors (Lipinski definition) is 3. The minimum Gasteiger partial charge on any atom is -0.397 e. The molecule has 0 saturated heterocycles. The van der Waals surface area contributed by atoms with Crippen LogP contribution in [0.5, 0.6) is 0 Å². The standard InChI is InChI=1S/C12H10F3N3O/c13-12(14,15)7-1-3-9(4-2-7)18-11(19)10-5-8(16)6-17-10/h1-6,17H,16H2,(H,18,19). The topological polar surface area (TPSA) is 70.9 Å². The lowest BCUT2D eigenvalue weighted by Gasteiger charge is -2.08. The van der Waals surface area contributed by atoms with E-state index >= 15 is 0 Å². The molecule has 4 nitrogen and oxygen atoms in total. The number of hydrogen-bond acceptors (Lipinski definition) is 2. The number of nitrogens with one attached hydrogen (secondary N) is 2. The molecule has 2 rings (SSSR count). The first-order valence-corrected chi connectivity index (χ1v) is 5.29. The van der Waals surface area contributed by atoms with Crippen molar-refractivity contribution in [3.8, 4) is 0 Å². The van der Waals surface area contributed by atoms with E-state index in [1.54, 1.807) is 0 Å². The van der Waals surface area contributed by atoms with Gasteiger partial charge in [0.05, 0.1) is 5.56 Å². The smallest absolute Gasteiger partial charge is 0.397 e. The maximum absolute atomic E-state index is 12.3. The molecule has 2 aromatic rings. The van der Waals surface area contributed by atoms with Crippen molar-refractivity contribution in [1.29, 1.82) is 0 Å².